The number of hydrogen-bond acceptors (Lipinski definition) is 6. The highest BCUT2D eigenvalue weighted by atomic mass is 16.5. The minimum Gasteiger partial charge on any atom is -0.361 e. The number of nitrogens with zero attached hydrogens (tertiary/aromatic N) is 4. The van der Waals surface area contributed by atoms with Gasteiger partial charge in [-0.05, 0) is 26.3 Å². The van der Waals surface area contributed by atoms with Crippen molar-refractivity contribution in [2.75, 3.05) is 6.54 Å². The van der Waals surface area contributed by atoms with Gasteiger partial charge in [-0.3, -0.25) is 4.90 Å². The first kappa shape index (κ1) is 12.3. The molecule has 0 amide bonds. The van der Waals surface area contributed by atoms with E-state index in [1.54, 1.807) is 0 Å². The van der Waals surface area contributed by atoms with E-state index >= 15 is 0 Å². The second-order valence-corrected chi connectivity index (χ2v) is 4.96. The molecule has 19 heavy (non-hydrogen) atoms. The zero-order valence-corrected chi connectivity index (χ0v) is 11.3. The standard InChI is InChI=1S/C13H18N4O2/c1-3-12-14-13(16-19-12)11-5-4-6-17(11)8-10-7-9(2)18-15-10/h7,11H,3-6,8H2,1-2H3/t11-/m1/s1. The van der Waals surface area contributed by atoms with Gasteiger partial charge in [-0.15, -0.1) is 0 Å². The molecule has 1 atom stereocenters. The Hall–Kier alpha value is -1.69. The van der Waals surface area contributed by atoms with Gasteiger partial charge in [0.1, 0.15) is 5.76 Å². The molecule has 0 N–H and O–H groups in total. The normalized spacial score (nSPS) is 20.2. The maximum atomic E-state index is 5.21. The highest BCUT2D eigenvalue weighted by Crippen LogP contribution is 2.31. The molecule has 1 aliphatic rings. The summed E-state index contributed by atoms with van der Waals surface area (Å²) in [5.74, 6) is 2.35. The molecule has 0 bridgehead atoms. The predicted molar refractivity (Wildman–Crippen MR) is 67.3 cm³/mol. The number of likely N-dealkylation sites (tertiary alicyclic amines) is 1. The lowest BCUT2D eigenvalue weighted by atomic mass is 10.2. The molecular formula is C13H18N4O2. The van der Waals surface area contributed by atoms with Crippen molar-refractivity contribution in [1.29, 1.82) is 0 Å². The van der Waals surface area contributed by atoms with Crippen LogP contribution < -0.4 is 0 Å². The molecule has 0 saturated carbocycles. The van der Waals surface area contributed by atoms with Gasteiger partial charge in [-0.25, -0.2) is 0 Å². The fourth-order valence-corrected chi connectivity index (χ4v) is 2.56. The van der Waals surface area contributed by atoms with Crippen molar-refractivity contribution in [3.05, 3.63) is 29.2 Å². The number of hydrogen-bond donors (Lipinski definition) is 0. The average Bonchev–Trinajstić information content (AvgIpc) is 3.10. The SMILES string of the molecule is CCc1nc([C@H]2CCCN2Cc2cc(C)on2)no1. The van der Waals surface area contributed by atoms with Crippen LogP contribution >= 0.6 is 0 Å². The van der Waals surface area contributed by atoms with Crippen LogP contribution in [0.5, 0.6) is 0 Å². The molecule has 1 fully saturated rings. The first-order valence-electron chi connectivity index (χ1n) is 6.75. The summed E-state index contributed by atoms with van der Waals surface area (Å²) in [5, 5.41) is 8.14. The fraction of sp³-hybridized carbons (Fsp3) is 0.615. The van der Waals surface area contributed by atoms with E-state index in [0.717, 1.165) is 49.6 Å². The smallest absolute Gasteiger partial charge is 0.226 e. The predicted octanol–water partition coefficient (Wildman–Crippen LogP) is 2.27. The largest absolute Gasteiger partial charge is 0.361 e. The van der Waals surface area contributed by atoms with Crippen LogP contribution in [-0.4, -0.2) is 26.7 Å². The minimum absolute atomic E-state index is 0.237. The van der Waals surface area contributed by atoms with Crippen LogP contribution in [0.25, 0.3) is 0 Å². The Kier molecular flexibility index (Phi) is 3.33. The lowest BCUT2D eigenvalue weighted by Gasteiger charge is -2.20. The first-order valence-corrected chi connectivity index (χ1v) is 6.75. The van der Waals surface area contributed by atoms with Gasteiger partial charge in [0.25, 0.3) is 0 Å². The number of aromatic nitrogens is 3. The van der Waals surface area contributed by atoms with E-state index in [-0.39, 0.29) is 6.04 Å². The Morgan fingerprint density at radius 1 is 1.37 bits per heavy atom. The van der Waals surface area contributed by atoms with E-state index in [1.807, 2.05) is 19.9 Å². The molecule has 2 aromatic heterocycles. The van der Waals surface area contributed by atoms with Gasteiger partial charge in [0.05, 0.1) is 11.7 Å². The van der Waals surface area contributed by atoms with Crippen LogP contribution in [0, 0.1) is 6.92 Å². The summed E-state index contributed by atoms with van der Waals surface area (Å²) in [6.45, 7) is 5.73. The second-order valence-electron chi connectivity index (χ2n) is 4.96. The maximum Gasteiger partial charge on any atom is 0.226 e. The Morgan fingerprint density at radius 2 is 2.26 bits per heavy atom. The molecule has 0 spiro atoms. The molecule has 6 nitrogen and oxygen atoms in total. The highest BCUT2D eigenvalue weighted by Gasteiger charge is 2.30. The third-order valence-corrected chi connectivity index (χ3v) is 3.49. The van der Waals surface area contributed by atoms with Gasteiger partial charge >= 0.3 is 0 Å². The molecular weight excluding hydrogens is 244 g/mol. The van der Waals surface area contributed by atoms with Gasteiger partial charge in [-0.2, -0.15) is 4.98 Å². The quantitative estimate of drug-likeness (QED) is 0.842. The van der Waals surface area contributed by atoms with Crippen molar-refractivity contribution in [3.63, 3.8) is 0 Å². The highest BCUT2D eigenvalue weighted by molar-refractivity contribution is 5.06. The van der Waals surface area contributed by atoms with Crippen molar-refractivity contribution in [2.45, 2.75) is 45.7 Å². The van der Waals surface area contributed by atoms with E-state index in [9.17, 15) is 0 Å². The molecule has 0 radical (unpaired) electrons. The van der Waals surface area contributed by atoms with Gasteiger partial charge in [0.15, 0.2) is 5.82 Å². The summed E-state index contributed by atoms with van der Waals surface area (Å²) in [4.78, 5) is 6.78. The van der Waals surface area contributed by atoms with E-state index in [0.29, 0.717) is 5.89 Å². The van der Waals surface area contributed by atoms with Crippen molar-refractivity contribution in [3.8, 4) is 0 Å². The first-order chi connectivity index (χ1) is 9.26. The topological polar surface area (TPSA) is 68.2 Å². The molecule has 3 rings (SSSR count). The molecule has 2 aromatic rings. The minimum atomic E-state index is 0.237. The fourth-order valence-electron chi connectivity index (χ4n) is 2.56. The summed E-state index contributed by atoms with van der Waals surface area (Å²) < 4.78 is 10.3. The van der Waals surface area contributed by atoms with Crippen LogP contribution in [0.1, 0.15) is 49.0 Å². The van der Waals surface area contributed by atoms with E-state index in [2.05, 4.69) is 20.2 Å². The molecule has 0 aliphatic carbocycles. The van der Waals surface area contributed by atoms with Crippen LogP contribution in [0.3, 0.4) is 0 Å². The summed E-state index contributed by atoms with van der Waals surface area (Å²) in [7, 11) is 0. The summed E-state index contributed by atoms with van der Waals surface area (Å²) >= 11 is 0. The van der Waals surface area contributed by atoms with E-state index in [1.165, 1.54) is 0 Å². The van der Waals surface area contributed by atoms with E-state index in [4.69, 9.17) is 9.05 Å². The summed E-state index contributed by atoms with van der Waals surface area (Å²) in [5.41, 5.74) is 0.962. The van der Waals surface area contributed by atoms with Crippen LogP contribution in [-0.2, 0) is 13.0 Å². The Morgan fingerprint density at radius 3 is 2.95 bits per heavy atom. The molecule has 0 aromatic carbocycles. The Bertz CT molecular complexity index is 548. The van der Waals surface area contributed by atoms with Crippen molar-refractivity contribution in [2.24, 2.45) is 0 Å². The average molecular weight is 262 g/mol. The third kappa shape index (κ3) is 2.53. The van der Waals surface area contributed by atoms with Gasteiger partial charge < -0.3 is 9.05 Å². The number of aryl methyl sites for hydroxylation is 2. The number of rotatable bonds is 4. The molecule has 3 heterocycles. The lowest BCUT2D eigenvalue weighted by Crippen LogP contribution is -2.23. The molecule has 1 saturated heterocycles. The van der Waals surface area contributed by atoms with Gasteiger partial charge in [0.2, 0.25) is 5.89 Å². The molecule has 0 unspecified atom stereocenters. The van der Waals surface area contributed by atoms with Gasteiger partial charge in [-0.1, -0.05) is 17.2 Å². The Balaban J connectivity index is 1.74. The van der Waals surface area contributed by atoms with Crippen LogP contribution in [0.2, 0.25) is 0 Å². The zero-order chi connectivity index (χ0) is 13.2. The molecule has 102 valence electrons. The summed E-state index contributed by atoms with van der Waals surface area (Å²) in [6, 6.07) is 2.21. The van der Waals surface area contributed by atoms with E-state index < -0.39 is 0 Å². The Labute approximate surface area is 111 Å². The third-order valence-electron chi connectivity index (χ3n) is 3.49. The zero-order valence-electron chi connectivity index (χ0n) is 11.3. The molecule has 1 aliphatic heterocycles. The van der Waals surface area contributed by atoms with Crippen LogP contribution in [0.4, 0.5) is 0 Å². The summed E-state index contributed by atoms with van der Waals surface area (Å²) in [6.07, 6.45) is 3.00. The van der Waals surface area contributed by atoms with Crippen molar-refractivity contribution < 1.29 is 9.05 Å². The lowest BCUT2D eigenvalue weighted by molar-refractivity contribution is 0.227. The monoisotopic (exact) mass is 262 g/mol. The van der Waals surface area contributed by atoms with Crippen molar-refractivity contribution in [1.82, 2.24) is 20.2 Å². The second kappa shape index (κ2) is 5.13. The van der Waals surface area contributed by atoms with Crippen LogP contribution in [0.15, 0.2) is 15.1 Å². The maximum absolute atomic E-state index is 5.21. The van der Waals surface area contributed by atoms with Gasteiger partial charge in [0, 0.05) is 19.0 Å². The molecule has 6 heteroatoms. The van der Waals surface area contributed by atoms with Crippen molar-refractivity contribution >= 4 is 0 Å².